The summed E-state index contributed by atoms with van der Waals surface area (Å²) in [4.78, 5) is 24.1. The summed E-state index contributed by atoms with van der Waals surface area (Å²) in [7, 11) is 0. The lowest BCUT2D eigenvalue weighted by molar-refractivity contribution is -0.144. The molecule has 0 aliphatic rings. The van der Waals surface area contributed by atoms with Crippen molar-refractivity contribution in [2.24, 2.45) is 5.11 Å². The van der Waals surface area contributed by atoms with Crippen LogP contribution in [0.2, 0.25) is 0 Å². The first kappa shape index (κ1) is 15.5. The minimum absolute atomic E-state index is 0.107. The number of rotatable bonds is 8. The number of carboxylic acid groups (broad SMARTS) is 1. The zero-order valence-corrected chi connectivity index (χ0v) is 10.7. The van der Waals surface area contributed by atoms with Gasteiger partial charge < -0.3 is 14.6 Å². The summed E-state index contributed by atoms with van der Waals surface area (Å²) in [6, 6.07) is 6.44. The van der Waals surface area contributed by atoms with Crippen molar-refractivity contribution in [3.63, 3.8) is 0 Å². The number of hydrogen-bond donors (Lipinski definition) is 1. The third-order valence-corrected chi connectivity index (χ3v) is 2.21. The number of ether oxygens (including phenoxy) is 2. The van der Waals surface area contributed by atoms with E-state index in [9.17, 15) is 9.59 Å². The van der Waals surface area contributed by atoms with E-state index in [0.29, 0.717) is 11.3 Å². The zero-order chi connectivity index (χ0) is 15.0. The Labute approximate surface area is 114 Å². The highest BCUT2D eigenvalue weighted by molar-refractivity contribution is 5.94. The first-order valence-corrected chi connectivity index (χ1v) is 5.64. The fourth-order valence-corrected chi connectivity index (χ4v) is 1.31. The van der Waals surface area contributed by atoms with Gasteiger partial charge in [0.1, 0.15) is 19.0 Å². The summed E-state index contributed by atoms with van der Waals surface area (Å²) in [6.07, 6.45) is -1.06. The van der Waals surface area contributed by atoms with Gasteiger partial charge in [-0.25, -0.2) is 4.79 Å². The molecular formula is C12H13N3O5. The van der Waals surface area contributed by atoms with Gasteiger partial charge in [0, 0.05) is 10.5 Å². The van der Waals surface area contributed by atoms with Crippen LogP contribution < -0.4 is 4.74 Å². The largest absolute Gasteiger partial charge is 0.491 e. The molecule has 0 saturated carbocycles. The average molecular weight is 279 g/mol. The second-order valence-electron chi connectivity index (χ2n) is 3.76. The number of carbonyl (C=O) groups is 2. The van der Waals surface area contributed by atoms with Gasteiger partial charge in [-0.2, -0.15) is 0 Å². The highest BCUT2D eigenvalue weighted by Gasteiger charge is 2.10. The predicted octanol–water partition coefficient (Wildman–Crippen LogP) is 2.01. The molecule has 0 aliphatic carbocycles. The first-order chi connectivity index (χ1) is 9.52. The molecule has 1 aromatic carbocycles. The summed E-state index contributed by atoms with van der Waals surface area (Å²) in [5.41, 5.74) is 8.83. The molecule has 0 amide bonds. The maximum absolute atomic E-state index is 11.2. The molecule has 1 unspecified atom stereocenters. The number of ketones is 1. The standard InChI is InChI=1S/C12H13N3O5/c1-8(16)9-3-2-4-10(5-9)19-6-11(14-15-13)20-7-12(17)18/h2-5,11H,6-7H2,1H3,(H,17,18). The molecule has 0 aliphatic heterocycles. The number of carbonyl (C=O) groups excluding carboxylic acids is 1. The van der Waals surface area contributed by atoms with Gasteiger partial charge in [-0.15, -0.1) is 0 Å². The fourth-order valence-electron chi connectivity index (χ4n) is 1.31. The van der Waals surface area contributed by atoms with Crippen LogP contribution in [0.25, 0.3) is 10.4 Å². The van der Waals surface area contributed by atoms with Gasteiger partial charge in [0.15, 0.2) is 12.0 Å². The number of nitrogens with zero attached hydrogens (tertiary/aromatic N) is 3. The Hall–Kier alpha value is -2.57. The van der Waals surface area contributed by atoms with Crippen LogP contribution in [0.1, 0.15) is 17.3 Å². The van der Waals surface area contributed by atoms with Crippen molar-refractivity contribution in [1.82, 2.24) is 0 Å². The lowest BCUT2D eigenvalue weighted by Gasteiger charge is -2.13. The van der Waals surface area contributed by atoms with Crippen molar-refractivity contribution in [2.45, 2.75) is 13.2 Å². The first-order valence-electron chi connectivity index (χ1n) is 5.64. The number of azide groups is 1. The van der Waals surface area contributed by atoms with E-state index in [0.717, 1.165) is 0 Å². The van der Waals surface area contributed by atoms with Crippen LogP contribution in [0.4, 0.5) is 0 Å². The molecule has 8 heteroatoms. The maximum atomic E-state index is 11.2. The Bertz CT molecular complexity index is 540. The van der Waals surface area contributed by atoms with Crippen LogP contribution in [-0.2, 0) is 9.53 Å². The van der Waals surface area contributed by atoms with E-state index < -0.39 is 18.8 Å². The molecule has 0 saturated heterocycles. The van der Waals surface area contributed by atoms with Crippen molar-refractivity contribution in [3.05, 3.63) is 40.3 Å². The maximum Gasteiger partial charge on any atom is 0.329 e. The normalized spacial score (nSPS) is 11.2. The van der Waals surface area contributed by atoms with Crippen molar-refractivity contribution in [2.75, 3.05) is 13.2 Å². The van der Waals surface area contributed by atoms with Crippen LogP contribution in [0.3, 0.4) is 0 Å². The van der Waals surface area contributed by atoms with E-state index in [4.69, 9.17) is 20.1 Å². The summed E-state index contributed by atoms with van der Waals surface area (Å²) < 4.78 is 10.1. The molecule has 0 heterocycles. The molecule has 0 bridgehead atoms. The lowest BCUT2D eigenvalue weighted by atomic mass is 10.1. The van der Waals surface area contributed by atoms with Gasteiger partial charge in [0.05, 0.1) is 0 Å². The van der Waals surface area contributed by atoms with Crippen molar-refractivity contribution < 1.29 is 24.2 Å². The van der Waals surface area contributed by atoms with Crippen molar-refractivity contribution in [3.8, 4) is 5.75 Å². The molecule has 0 aromatic heterocycles. The van der Waals surface area contributed by atoms with Gasteiger partial charge in [-0.3, -0.25) is 4.79 Å². The van der Waals surface area contributed by atoms with E-state index in [2.05, 4.69) is 10.0 Å². The summed E-state index contributed by atoms with van der Waals surface area (Å²) in [5.74, 6) is -0.888. The van der Waals surface area contributed by atoms with Crippen LogP contribution >= 0.6 is 0 Å². The highest BCUT2D eigenvalue weighted by Crippen LogP contribution is 2.14. The van der Waals surface area contributed by atoms with Gasteiger partial charge in [0.2, 0.25) is 0 Å². The minimum Gasteiger partial charge on any atom is -0.491 e. The Morgan fingerprint density at radius 2 is 2.25 bits per heavy atom. The summed E-state index contributed by atoms with van der Waals surface area (Å²) >= 11 is 0. The summed E-state index contributed by atoms with van der Waals surface area (Å²) in [5, 5.41) is 11.7. The third kappa shape index (κ3) is 5.38. The molecule has 1 aromatic rings. The van der Waals surface area contributed by atoms with Crippen molar-refractivity contribution >= 4 is 11.8 Å². The predicted molar refractivity (Wildman–Crippen MR) is 68.5 cm³/mol. The molecule has 20 heavy (non-hydrogen) atoms. The molecule has 0 radical (unpaired) electrons. The van der Waals surface area contributed by atoms with E-state index in [1.165, 1.54) is 13.0 Å². The van der Waals surface area contributed by atoms with Crippen LogP contribution in [0.15, 0.2) is 29.4 Å². The Kier molecular flexibility index (Phi) is 6.02. The Morgan fingerprint density at radius 1 is 1.50 bits per heavy atom. The number of benzene rings is 1. The Morgan fingerprint density at radius 3 is 2.85 bits per heavy atom. The van der Waals surface area contributed by atoms with E-state index in [-0.39, 0.29) is 12.4 Å². The Balaban J connectivity index is 2.62. The number of aliphatic carboxylic acids is 1. The van der Waals surface area contributed by atoms with Crippen LogP contribution in [0.5, 0.6) is 5.75 Å². The van der Waals surface area contributed by atoms with Gasteiger partial charge in [0.25, 0.3) is 0 Å². The smallest absolute Gasteiger partial charge is 0.329 e. The molecule has 0 fully saturated rings. The van der Waals surface area contributed by atoms with E-state index >= 15 is 0 Å². The van der Waals surface area contributed by atoms with Crippen molar-refractivity contribution in [1.29, 1.82) is 0 Å². The average Bonchev–Trinajstić information content (AvgIpc) is 2.42. The quantitative estimate of drug-likeness (QED) is 0.337. The molecule has 8 nitrogen and oxygen atoms in total. The van der Waals surface area contributed by atoms with Gasteiger partial charge in [-0.1, -0.05) is 17.2 Å². The number of carboxylic acids is 1. The number of Topliss-reactive ketones (excluding diaryl/α,β-unsaturated/α-hetero) is 1. The monoisotopic (exact) mass is 279 g/mol. The second-order valence-corrected chi connectivity index (χ2v) is 3.76. The molecular weight excluding hydrogens is 266 g/mol. The van der Waals surface area contributed by atoms with Gasteiger partial charge >= 0.3 is 5.97 Å². The molecule has 1 N–H and O–H groups in total. The zero-order valence-electron chi connectivity index (χ0n) is 10.7. The summed E-state index contributed by atoms with van der Waals surface area (Å²) in [6.45, 7) is 0.678. The van der Waals surface area contributed by atoms with Crippen LogP contribution in [-0.4, -0.2) is 36.3 Å². The fraction of sp³-hybridized carbons (Fsp3) is 0.333. The topological polar surface area (TPSA) is 122 Å². The molecule has 106 valence electrons. The SMILES string of the molecule is CC(=O)c1cccc(OCC(N=[N+]=[N-])OCC(=O)O)c1. The third-order valence-electron chi connectivity index (χ3n) is 2.21. The lowest BCUT2D eigenvalue weighted by Crippen LogP contribution is -2.22. The minimum atomic E-state index is -1.18. The van der Waals surface area contributed by atoms with E-state index in [1.54, 1.807) is 18.2 Å². The number of hydrogen-bond acceptors (Lipinski definition) is 5. The molecule has 1 atom stereocenters. The van der Waals surface area contributed by atoms with Gasteiger partial charge in [-0.05, 0) is 24.6 Å². The van der Waals surface area contributed by atoms with E-state index in [1.807, 2.05) is 0 Å². The highest BCUT2D eigenvalue weighted by atomic mass is 16.6. The van der Waals surface area contributed by atoms with Crippen LogP contribution in [0, 0.1) is 0 Å². The molecule has 1 rings (SSSR count). The molecule has 0 spiro atoms. The second kappa shape index (κ2) is 7.78.